The monoisotopic (exact) mass is 498 g/mol. The van der Waals surface area contributed by atoms with Gasteiger partial charge in [-0.05, 0) is 96.6 Å². The zero-order valence-corrected chi connectivity index (χ0v) is 22.9. The van der Waals surface area contributed by atoms with E-state index in [0.717, 1.165) is 18.8 Å². The molecule has 2 radical (unpaired) electrons. The summed E-state index contributed by atoms with van der Waals surface area (Å²) in [4.78, 5) is 4.55. The maximum absolute atomic E-state index is 6.47. The SMILES string of the molecule is Cc1cc(C)c(N2[C]N(c3c(C)cc(OCc4c5ccccc5cc5ccccc45)cc3C)CC2)c(C)c1. The molecule has 1 saturated heterocycles. The Labute approximate surface area is 226 Å². The second kappa shape index (κ2) is 9.72. The van der Waals surface area contributed by atoms with Crippen molar-refractivity contribution >= 4 is 32.9 Å². The molecular weight excluding hydrogens is 464 g/mol. The van der Waals surface area contributed by atoms with Crippen molar-refractivity contribution in [3.63, 3.8) is 0 Å². The van der Waals surface area contributed by atoms with Crippen LogP contribution in [0.15, 0.2) is 78.9 Å². The number of ether oxygens (including phenoxy) is 1. The maximum atomic E-state index is 6.47. The highest BCUT2D eigenvalue weighted by atomic mass is 16.5. The molecule has 5 aromatic rings. The normalized spacial score (nSPS) is 13.6. The lowest BCUT2D eigenvalue weighted by Crippen LogP contribution is -2.21. The van der Waals surface area contributed by atoms with Crippen molar-refractivity contribution in [2.45, 2.75) is 41.2 Å². The lowest BCUT2D eigenvalue weighted by Gasteiger charge is -2.25. The molecule has 1 heterocycles. The summed E-state index contributed by atoms with van der Waals surface area (Å²) in [6.07, 6.45) is 0. The Kier molecular flexibility index (Phi) is 6.23. The van der Waals surface area contributed by atoms with E-state index in [-0.39, 0.29) is 0 Å². The Bertz CT molecular complexity index is 1570. The maximum Gasteiger partial charge on any atom is 0.208 e. The number of nitrogens with zero attached hydrogens (tertiary/aromatic N) is 2. The molecule has 3 nitrogen and oxygen atoms in total. The molecule has 0 spiro atoms. The van der Waals surface area contributed by atoms with Gasteiger partial charge in [-0.15, -0.1) is 0 Å². The fourth-order valence-corrected chi connectivity index (χ4v) is 6.21. The summed E-state index contributed by atoms with van der Waals surface area (Å²) in [5, 5.41) is 4.99. The van der Waals surface area contributed by atoms with Crippen LogP contribution in [0.1, 0.15) is 33.4 Å². The summed E-state index contributed by atoms with van der Waals surface area (Å²) in [7, 11) is 0. The minimum absolute atomic E-state index is 0.530. The van der Waals surface area contributed by atoms with E-state index in [1.54, 1.807) is 0 Å². The third-order valence-electron chi connectivity index (χ3n) is 7.69. The highest BCUT2D eigenvalue weighted by Gasteiger charge is 2.27. The Hall–Kier alpha value is -3.98. The average molecular weight is 499 g/mol. The first-order valence-corrected chi connectivity index (χ1v) is 13.4. The highest BCUT2D eigenvalue weighted by molar-refractivity contribution is 6.02. The molecule has 0 aliphatic carbocycles. The fourth-order valence-electron chi connectivity index (χ4n) is 6.21. The van der Waals surface area contributed by atoms with Crippen molar-refractivity contribution in [1.29, 1.82) is 0 Å². The van der Waals surface area contributed by atoms with Crippen molar-refractivity contribution in [3.05, 3.63) is 119 Å². The molecule has 0 bridgehead atoms. The van der Waals surface area contributed by atoms with Gasteiger partial charge in [0.05, 0.1) is 0 Å². The zero-order valence-electron chi connectivity index (χ0n) is 22.9. The summed E-state index contributed by atoms with van der Waals surface area (Å²) in [5.74, 6) is 0.905. The molecule has 0 N–H and O–H groups in total. The Balaban J connectivity index is 1.26. The minimum atomic E-state index is 0.530. The van der Waals surface area contributed by atoms with E-state index in [9.17, 15) is 0 Å². The number of fused-ring (bicyclic) bond motifs is 2. The molecule has 5 aromatic carbocycles. The van der Waals surface area contributed by atoms with Gasteiger partial charge in [0.15, 0.2) is 0 Å². The number of aryl methyl sites for hydroxylation is 5. The van der Waals surface area contributed by atoms with Gasteiger partial charge in [0.1, 0.15) is 12.4 Å². The molecule has 0 saturated carbocycles. The van der Waals surface area contributed by atoms with Crippen LogP contribution in [0, 0.1) is 41.3 Å². The predicted molar refractivity (Wildman–Crippen MR) is 160 cm³/mol. The van der Waals surface area contributed by atoms with Crippen LogP contribution in [-0.2, 0) is 6.61 Å². The summed E-state index contributed by atoms with van der Waals surface area (Å²) in [6.45, 7) is 16.9. The molecule has 38 heavy (non-hydrogen) atoms. The van der Waals surface area contributed by atoms with Crippen molar-refractivity contribution < 1.29 is 4.74 Å². The van der Waals surface area contributed by atoms with E-state index in [1.807, 2.05) is 0 Å². The van der Waals surface area contributed by atoms with Crippen molar-refractivity contribution in [2.75, 3.05) is 22.9 Å². The van der Waals surface area contributed by atoms with Crippen molar-refractivity contribution in [1.82, 2.24) is 0 Å². The van der Waals surface area contributed by atoms with Crippen LogP contribution < -0.4 is 14.5 Å². The number of hydrogen-bond donors (Lipinski definition) is 0. The molecular formula is C35H34N2O. The van der Waals surface area contributed by atoms with Crippen LogP contribution in [0.2, 0.25) is 0 Å². The first-order chi connectivity index (χ1) is 18.4. The number of anilines is 2. The van der Waals surface area contributed by atoms with Gasteiger partial charge in [-0.1, -0.05) is 66.2 Å². The van der Waals surface area contributed by atoms with E-state index in [0.29, 0.717) is 6.61 Å². The average Bonchev–Trinajstić information content (AvgIpc) is 3.34. The van der Waals surface area contributed by atoms with E-state index < -0.39 is 0 Å². The zero-order chi connectivity index (χ0) is 26.4. The number of hydrogen-bond acceptors (Lipinski definition) is 3. The van der Waals surface area contributed by atoms with Crippen molar-refractivity contribution in [2.24, 2.45) is 0 Å². The Morgan fingerprint density at radius 3 is 1.63 bits per heavy atom. The van der Waals surface area contributed by atoms with Gasteiger partial charge in [0.25, 0.3) is 0 Å². The van der Waals surface area contributed by atoms with Crippen LogP contribution in [0.5, 0.6) is 5.75 Å². The van der Waals surface area contributed by atoms with Crippen LogP contribution >= 0.6 is 0 Å². The summed E-state index contributed by atoms with van der Waals surface area (Å²) < 4.78 is 6.47. The van der Waals surface area contributed by atoms with Gasteiger partial charge < -0.3 is 14.5 Å². The Morgan fingerprint density at radius 1 is 0.632 bits per heavy atom. The van der Waals surface area contributed by atoms with Crippen LogP contribution in [-0.4, -0.2) is 13.1 Å². The number of benzene rings is 5. The van der Waals surface area contributed by atoms with E-state index in [4.69, 9.17) is 4.74 Å². The Morgan fingerprint density at radius 2 is 1.11 bits per heavy atom. The first-order valence-electron chi connectivity index (χ1n) is 13.4. The summed E-state index contributed by atoms with van der Waals surface area (Å²) in [5.41, 5.74) is 10.0. The molecule has 1 aliphatic rings. The molecule has 0 amide bonds. The molecule has 0 aromatic heterocycles. The van der Waals surface area contributed by atoms with Crippen LogP contribution in [0.4, 0.5) is 11.4 Å². The predicted octanol–water partition coefficient (Wildman–Crippen LogP) is 8.44. The molecule has 190 valence electrons. The summed E-state index contributed by atoms with van der Waals surface area (Å²) >= 11 is 0. The largest absolute Gasteiger partial charge is 0.489 e. The van der Waals surface area contributed by atoms with E-state index in [1.165, 1.54) is 66.3 Å². The topological polar surface area (TPSA) is 15.7 Å². The van der Waals surface area contributed by atoms with Gasteiger partial charge in [0.2, 0.25) is 6.67 Å². The quantitative estimate of drug-likeness (QED) is 0.226. The van der Waals surface area contributed by atoms with E-state index in [2.05, 4.69) is 130 Å². The van der Waals surface area contributed by atoms with Crippen LogP contribution in [0.3, 0.4) is 0 Å². The molecule has 3 heteroatoms. The second-order valence-electron chi connectivity index (χ2n) is 10.6. The lowest BCUT2D eigenvalue weighted by molar-refractivity contribution is 0.308. The standard InChI is InChI=1S/C35H34N2O/c1-23-16-24(2)34(25(3)17-23)36-14-15-37(22-36)35-26(4)18-30(19-27(35)5)38-21-33-31-12-8-6-10-28(31)20-29-11-7-9-13-32(29)33/h6-13,16-20H,14-15,21H2,1-5H3. The third-order valence-corrected chi connectivity index (χ3v) is 7.69. The smallest absolute Gasteiger partial charge is 0.208 e. The van der Waals surface area contributed by atoms with Gasteiger partial charge in [-0.3, -0.25) is 0 Å². The van der Waals surface area contributed by atoms with E-state index >= 15 is 0 Å². The van der Waals surface area contributed by atoms with Gasteiger partial charge in [-0.2, -0.15) is 0 Å². The molecule has 0 atom stereocenters. The first kappa shape index (κ1) is 24.4. The van der Waals surface area contributed by atoms with Crippen molar-refractivity contribution in [3.8, 4) is 5.75 Å². The molecule has 0 unspecified atom stereocenters. The minimum Gasteiger partial charge on any atom is -0.489 e. The molecule has 1 fully saturated rings. The number of rotatable bonds is 5. The summed E-state index contributed by atoms with van der Waals surface area (Å²) in [6, 6.07) is 28.3. The lowest BCUT2D eigenvalue weighted by atomic mass is 9.97. The van der Waals surface area contributed by atoms with Gasteiger partial charge in [0, 0.05) is 30.0 Å². The molecule has 6 rings (SSSR count). The fraction of sp³-hybridized carbons (Fsp3) is 0.229. The van der Waals surface area contributed by atoms with Crippen LogP contribution in [0.25, 0.3) is 21.5 Å². The molecule has 1 aliphatic heterocycles. The second-order valence-corrected chi connectivity index (χ2v) is 10.6. The highest BCUT2D eigenvalue weighted by Crippen LogP contribution is 2.37. The van der Waals surface area contributed by atoms with Gasteiger partial charge in [-0.25, -0.2) is 0 Å². The van der Waals surface area contributed by atoms with Gasteiger partial charge >= 0.3 is 0 Å². The third kappa shape index (κ3) is 4.36.